The minimum absolute atomic E-state index is 0.0451. The fourth-order valence-corrected chi connectivity index (χ4v) is 2.72. The Hall–Kier alpha value is -0.860. The summed E-state index contributed by atoms with van der Waals surface area (Å²) in [5, 5.41) is 2.44. The quantitative estimate of drug-likeness (QED) is 0.623. The lowest BCUT2D eigenvalue weighted by atomic mass is 9.69. The van der Waals surface area contributed by atoms with E-state index in [0.717, 1.165) is 12.8 Å². The highest BCUT2D eigenvalue weighted by atomic mass is 16.2. The number of hydrogen-bond donors (Lipinski definition) is 1. The summed E-state index contributed by atoms with van der Waals surface area (Å²) >= 11 is 0. The second kappa shape index (κ2) is 4.77. The first-order valence-corrected chi connectivity index (χ1v) is 5.96. The van der Waals surface area contributed by atoms with E-state index in [-0.39, 0.29) is 23.7 Å². The van der Waals surface area contributed by atoms with E-state index in [4.69, 9.17) is 0 Å². The van der Waals surface area contributed by atoms with E-state index in [1.807, 2.05) is 13.8 Å². The van der Waals surface area contributed by atoms with Crippen LogP contribution in [0.15, 0.2) is 0 Å². The molecule has 3 heteroatoms. The lowest BCUT2D eigenvalue weighted by Gasteiger charge is -2.32. The monoisotopic (exact) mass is 211 g/mol. The molecule has 0 spiro atoms. The summed E-state index contributed by atoms with van der Waals surface area (Å²) in [6.07, 6.45) is 2.14. The number of imide groups is 1. The Kier molecular flexibility index (Phi) is 3.89. The largest absolute Gasteiger partial charge is 0.296 e. The Morgan fingerprint density at radius 3 is 1.60 bits per heavy atom. The predicted octanol–water partition coefficient (Wildman–Crippen LogP) is 1.97. The number of hydrogen-bond acceptors (Lipinski definition) is 2. The van der Waals surface area contributed by atoms with Gasteiger partial charge in [0.25, 0.3) is 0 Å². The van der Waals surface area contributed by atoms with Crippen LogP contribution in [0.1, 0.15) is 40.5 Å². The summed E-state index contributed by atoms with van der Waals surface area (Å²) in [4.78, 5) is 22.9. The number of rotatable bonds is 0. The SMILES string of the molecule is CC.CC1CCC(C)C2C(=O)NC(=O)C12. The van der Waals surface area contributed by atoms with E-state index in [2.05, 4.69) is 19.2 Å². The summed E-state index contributed by atoms with van der Waals surface area (Å²) in [6, 6.07) is 0. The van der Waals surface area contributed by atoms with Gasteiger partial charge in [0.2, 0.25) is 11.8 Å². The molecule has 3 nitrogen and oxygen atoms in total. The second-order valence-corrected chi connectivity index (χ2v) is 4.44. The van der Waals surface area contributed by atoms with Crippen molar-refractivity contribution in [2.45, 2.75) is 40.5 Å². The van der Waals surface area contributed by atoms with Crippen molar-refractivity contribution < 1.29 is 9.59 Å². The molecular weight excluding hydrogens is 190 g/mol. The van der Waals surface area contributed by atoms with Crippen molar-refractivity contribution in [3.63, 3.8) is 0 Å². The van der Waals surface area contributed by atoms with Crippen molar-refractivity contribution in [1.29, 1.82) is 0 Å². The molecule has 1 aliphatic heterocycles. The summed E-state index contributed by atoms with van der Waals surface area (Å²) < 4.78 is 0. The molecule has 4 atom stereocenters. The zero-order valence-corrected chi connectivity index (χ0v) is 10.0. The van der Waals surface area contributed by atoms with Crippen LogP contribution >= 0.6 is 0 Å². The van der Waals surface area contributed by atoms with E-state index in [1.165, 1.54) is 0 Å². The predicted molar refractivity (Wildman–Crippen MR) is 59.0 cm³/mol. The van der Waals surface area contributed by atoms with Gasteiger partial charge in [-0.2, -0.15) is 0 Å². The first-order valence-electron chi connectivity index (χ1n) is 5.96. The van der Waals surface area contributed by atoms with Crippen molar-refractivity contribution in [3.05, 3.63) is 0 Å². The van der Waals surface area contributed by atoms with Crippen LogP contribution in [0, 0.1) is 23.7 Å². The van der Waals surface area contributed by atoms with Crippen LogP contribution in [-0.4, -0.2) is 11.8 Å². The molecule has 2 amide bonds. The highest BCUT2D eigenvalue weighted by Gasteiger charge is 2.49. The van der Waals surface area contributed by atoms with Gasteiger partial charge in [-0.25, -0.2) is 0 Å². The fourth-order valence-electron chi connectivity index (χ4n) is 2.72. The molecule has 1 aliphatic carbocycles. The first kappa shape index (κ1) is 12.2. The molecule has 1 N–H and O–H groups in total. The van der Waals surface area contributed by atoms with E-state index in [0.29, 0.717) is 11.8 Å². The van der Waals surface area contributed by atoms with E-state index >= 15 is 0 Å². The molecule has 0 aromatic heterocycles. The number of nitrogens with one attached hydrogen (secondary N) is 1. The van der Waals surface area contributed by atoms with Crippen LogP contribution in [0.4, 0.5) is 0 Å². The second-order valence-electron chi connectivity index (χ2n) is 4.44. The van der Waals surface area contributed by atoms with Crippen molar-refractivity contribution in [1.82, 2.24) is 5.32 Å². The summed E-state index contributed by atoms with van der Waals surface area (Å²) in [5.41, 5.74) is 0. The Bertz CT molecular complexity index is 236. The average Bonchev–Trinajstić information content (AvgIpc) is 2.52. The molecule has 86 valence electrons. The average molecular weight is 211 g/mol. The maximum Gasteiger partial charge on any atom is 0.230 e. The van der Waals surface area contributed by atoms with Crippen molar-refractivity contribution in [2.75, 3.05) is 0 Å². The lowest BCUT2D eigenvalue weighted by molar-refractivity contribution is -0.126. The first-order chi connectivity index (χ1) is 7.11. The van der Waals surface area contributed by atoms with Gasteiger partial charge in [0.05, 0.1) is 11.8 Å². The molecule has 0 radical (unpaired) electrons. The Morgan fingerprint density at radius 2 is 1.27 bits per heavy atom. The van der Waals surface area contributed by atoms with Gasteiger partial charge in [-0.05, 0) is 24.7 Å². The van der Waals surface area contributed by atoms with E-state index < -0.39 is 0 Å². The molecule has 0 aromatic rings. The van der Waals surface area contributed by atoms with Gasteiger partial charge in [0.15, 0.2) is 0 Å². The molecular formula is C12H21NO2. The standard InChI is InChI=1S/C10H15NO2.C2H6/c1-5-3-4-6(2)8-7(5)9(12)11-10(8)13;1-2/h5-8H,3-4H2,1-2H3,(H,11,12,13);1-2H3. The van der Waals surface area contributed by atoms with Gasteiger partial charge in [0.1, 0.15) is 0 Å². The molecule has 2 fully saturated rings. The van der Waals surface area contributed by atoms with Crippen molar-refractivity contribution in [3.8, 4) is 0 Å². The third kappa shape index (κ3) is 2.06. The topological polar surface area (TPSA) is 46.2 Å². The summed E-state index contributed by atoms with van der Waals surface area (Å²) in [7, 11) is 0. The zero-order chi connectivity index (χ0) is 11.6. The van der Waals surface area contributed by atoms with Crippen LogP contribution in [0.2, 0.25) is 0 Å². The molecule has 4 unspecified atom stereocenters. The summed E-state index contributed by atoms with van der Waals surface area (Å²) in [6.45, 7) is 8.14. The smallest absolute Gasteiger partial charge is 0.230 e. The lowest BCUT2D eigenvalue weighted by Crippen LogP contribution is -2.34. The molecule has 0 aromatic carbocycles. The Balaban J connectivity index is 0.000000531. The third-order valence-electron chi connectivity index (χ3n) is 3.54. The number of fused-ring (bicyclic) bond motifs is 1. The maximum absolute atomic E-state index is 11.4. The van der Waals surface area contributed by atoms with E-state index in [1.54, 1.807) is 0 Å². The van der Waals surface area contributed by atoms with Gasteiger partial charge in [-0.15, -0.1) is 0 Å². The van der Waals surface area contributed by atoms with Crippen LogP contribution in [-0.2, 0) is 9.59 Å². The highest BCUT2D eigenvalue weighted by molar-refractivity contribution is 6.05. The number of carbonyl (C=O) groups excluding carboxylic acids is 2. The van der Waals surface area contributed by atoms with Crippen molar-refractivity contribution >= 4 is 11.8 Å². The van der Waals surface area contributed by atoms with Gasteiger partial charge in [-0.1, -0.05) is 27.7 Å². The molecule has 1 saturated heterocycles. The van der Waals surface area contributed by atoms with Gasteiger partial charge in [0, 0.05) is 0 Å². The molecule has 0 bridgehead atoms. The van der Waals surface area contributed by atoms with Crippen LogP contribution in [0.5, 0.6) is 0 Å². The zero-order valence-electron chi connectivity index (χ0n) is 10.0. The highest BCUT2D eigenvalue weighted by Crippen LogP contribution is 2.41. The van der Waals surface area contributed by atoms with Crippen LogP contribution in [0.25, 0.3) is 0 Å². The van der Waals surface area contributed by atoms with Gasteiger partial charge >= 0.3 is 0 Å². The maximum atomic E-state index is 11.4. The third-order valence-corrected chi connectivity index (χ3v) is 3.54. The molecule has 15 heavy (non-hydrogen) atoms. The molecule has 1 heterocycles. The van der Waals surface area contributed by atoms with Crippen LogP contribution in [0.3, 0.4) is 0 Å². The van der Waals surface area contributed by atoms with Gasteiger partial charge < -0.3 is 0 Å². The normalized spacial score (nSPS) is 38.9. The minimum Gasteiger partial charge on any atom is -0.296 e. The molecule has 1 saturated carbocycles. The van der Waals surface area contributed by atoms with Crippen molar-refractivity contribution in [2.24, 2.45) is 23.7 Å². The number of amides is 2. The molecule has 2 rings (SSSR count). The Labute approximate surface area is 91.6 Å². The Morgan fingerprint density at radius 1 is 0.933 bits per heavy atom. The minimum atomic E-state index is -0.0472. The van der Waals surface area contributed by atoms with Gasteiger partial charge in [-0.3, -0.25) is 14.9 Å². The fraction of sp³-hybridized carbons (Fsp3) is 0.833. The summed E-state index contributed by atoms with van der Waals surface area (Å²) in [5.74, 6) is 0.552. The molecule has 2 aliphatic rings. The number of carbonyl (C=O) groups is 2. The van der Waals surface area contributed by atoms with Crippen LogP contribution < -0.4 is 5.32 Å². The van der Waals surface area contributed by atoms with E-state index in [9.17, 15) is 9.59 Å².